The third-order valence-electron chi connectivity index (χ3n) is 3.64. The quantitative estimate of drug-likeness (QED) is 0.814. The van der Waals surface area contributed by atoms with Crippen molar-refractivity contribution in [2.24, 2.45) is 0 Å². The molecule has 0 aliphatic carbocycles. The summed E-state index contributed by atoms with van der Waals surface area (Å²) in [7, 11) is 0. The number of aromatic nitrogens is 1. The number of nitrogens with zero attached hydrogens (tertiary/aromatic N) is 2. The number of hydrogen-bond acceptors (Lipinski definition) is 4. The Hall–Kier alpha value is -2.01. The number of pyridine rings is 1. The molecule has 5 heteroatoms. The number of carbonyl (C=O) groups is 1. The monoisotopic (exact) mass is 314 g/mol. The Morgan fingerprint density at radius 1 is 1.27 bits per heavy atom. The van der Waals surface area contributed by atoms with E-state index in [1.165, 1.54) is 0 Å². The molecular formula is C17H18N2O2S. The molecule has 1 aromatic carbocycles. The molecule has 0 bridgehead atoms. The summed E-state index contributed by atoms with van der Waals surface area (Å²) >= 11 is 1.67. The Morgan fingerprint density at radius 3 is 2.64 bits per heavy atom. The van der Waals surface area contributed by atoms with E-state index in [0.717, 1.165) is 21.9 Å². The minimum absolute atomic E-state index is 0.0659. The molecule has 3 rings (SSSR count). The third kappa shape index (κ3) is 3.25. The molecule has 2 aromatic rings. The molecule has 1 aromatic heterocycles. The molecule has 1 saturated heterocycles. The van der Waals surface area contributed by atoms with Crippen molar-refractivity contribution in [3.63, 3.8) is 0 Å². The first-order valence-electron chi connectivity index (χ1n) is 7.18. The lowest BCUT2D eigenvalue weighted by Gasteiger charge is -2.39. The number of amides is 1. The van der Waals surface area contributed by atoms with Crippen LogP contribution >= 0.6 is 11.8 Å². The predicted octanol–water partition coefficient (Wildman–Crippen LogP) is 3.02. The topological polar surface area (TPSA) is 42.4 Å². The minimum atomic E-state index is 0.0659. The highest BCUT2D eigenvalue weighted by Crippen LogP contribution is 2.21. The lowest BCUT2D eigenvalue weighted by atomic mass is 10.1. The summed E-state index contributed by atoms with van der Waals surface area (Å²) in [4.78, 5) is 19.4. The molecule has 22 heavy (non-hydrogen) atoms. The Labute approximate surface area is 134 Å². The molecule has 0 atom stereocenters. The highest BCUT2D eigenvalue weighted by atomic mass is 32.2. The number of benzene rings is 1. The second-order valence-corrected chi connectivity index (χ2v) is 6.19. The van der Waals surface area contributed by atoms with Crippen LogP contribution in [0.25, 0.3) is 0 Å². The van der Waals surface area contributed by atoms with Crippen LogP contribution in [0.1, 0.15) is 16.1 Å². The van der Waals surface area contributed by atoms with Gasteiger partial charge in [0.2, 0.25) is 0 Å². The van der Waals surface area contributed by atoms with E-state index in [1.54, 1.807) is 18.0 Å². The summed E-state index contributed by atoms with van der Waals surface area (Å²) in [6, 6.07) is 11.5. The number of hydrogen-bond donors (Lipinski definition) is 0. The SMILES string of the molecule is CSc1ccc(C(=O)N2CC(Oc3ccnc(C)c3)C2)cc1. The average Bonchev–Trinajstić information content (AvgIpc) is 2.50. The van der Waals surface area contributed by atoms with Gasteiger partial charge in [0.1, 0.15) is 11.9 Å². The van der Waals surface area contributed by atoms with Gasteiger partial charge in [0.25, 0.3) is 5.91 Å². The summed E-state index contributed by atoms with van der Waals surface area (Å²) in [5, 5.41) is 0. The molecule has 114 valence electrons. The van der Waals surface area contributed by atoms with Gasteiger partial charge in [-0.25, -0.2) is 0 Å². The van der Waals surface area contributed by atoms with E-state index in [0.29, 0.717) is 13.1 Å². The van der Waals surface area contributed by atoms with Crippen molar-refractivity contribution in [2.45, 2.75) is 17.9 Å². The number of aryl methyl sites for hydroxylation is 1. The maximum Gasteiger partial charge on any atom is 0.254 e. The zero-order chi connectivity index (χ0) is 15.5. The standard InChI is InChI=1S/C17H18N2O2S/c1-12-9-14(7-8-18-12)21-15-10-19(11-15)17(20)13-3-5-16(22-2)6-4-13/h3-9,15H,10-11H2,1-2H3. The second-order valence-electron chi connectivity index (χ2n) is 5.31. The fraction of sp³-hybridized carbons (Fsp3) is 0.294. The molecule has 1 fully saturated rings. The van der Waals surface area contributed by atoms with Crippen LogP contribution in [0.5, 0.6) is 5.75 Å². The fourth-order valence-electron chi connectivity index (χ4n) is 2.38. The van der Waals surface area contributed by atoms with Crippen molar-refractivity contribution in [1.82, 2.24) is 9.88 Å². The van der Waals surface area contributed by atoms with Crippen molar-refractivity contribution in [3.8, 4) is 5.75 Å². The third-order valence-corrected chi connectivity index (χ3v) is 4.39. The van der Waals surface area contributed by atoms with E-state index in [-0.39, 0.29) is 12.0 Å². The van der Waals surface area contributed by atoms with Gasteiger partial charge < -0.3 is 9.64 Å². The van der Waals surface area contributed by atoms with E-state index >= 15 is 0 Å². The molecule has 1 aliphatic heterocycles. The zero-order valence-corrected chi connectivity index (χ0v) is 13.5. The molecule has 1 aliphatic rings. The summed E-state index contributed by atoms with van der Waals surface area (Å²) in [5.74, 6) is 0.882. The lowest BCUT2D eigenvalue weighted by molar-refractivity contribution is 0.0177. The fourth-order valence-corrected chi connectivity index (χ4v) is 2.79. The normalized spacial score (nSPS) is 14.5. The van der Waals surface area contributed by atoms with Gasteiger partial charge in [-0.2, -0.15) is 0 Å². The highest BCUT2D eigenvalue weighted by Gasteiger charge is 2.32. The van der Waals surface area contributed by atoms with Gasteiger partial charge in [-0.3, -0.25) is 9.78 Å². The zero-order valence-electron chi connectivity index (χ0n) is 12.7. The summed E-state index contributed by atoms with van der Waals surface area (Å²) < 4.78 is 5.85. The van der Waals surface area contributed by atoms with Gasteiger partial charge >= 0.3 is 0 Å². The molecular weight excluding hydrogens is 296 g/mol. The number of ether oxygens (including phenoxy) is 1. The van der Waals surface area contributed by atoms with E-state index in [1.807, 2.05) is 54.5 Å². The van der Waals surface area contributed by atoms with E-state index in [2.05, 4.69) is 4.98 Å². The van der Waals surface area contributed by atoms with Crippen LogP contribution in [0.2, 0.25) is 0 Å². The van der Waals surface area contributed by atoms with Crippen LogP contribution in [0.4, 0.5) is 0 Å². The van der Waals surface area contributed by atoms with Gasteiger partial charge in [-0.15, -0.1) is 11.8 Å². The highest BCUT2D eigenvalue weighted by molar-refractivity contribution is 7.98. The van der Waals surface area contributed by atoms with Gasteiger partial charge in [-0.05, 0) is 43.5 Å². The molecule has 0 saturated carbocycles. The molecule has 0 N–H and O–H groups in total. The van der Waals surface area contributed by atoms with Crippen molar-refractivity contribution in [3.05, 3.63) is 53.9 Å². The molecule has 1 amide bonds. The maximum atomic E-state index is 12.3. The van der Waals surface area contributed by atoms with E-state index in [9.17, 15) is 4.79 Å². The van der Waals surface area contributed by atoms with Gasteiger partial charge in [-0.1, -0.05) is 0 Å². The second kappa shape index (κ2) is 6.40. The molecule has 0 unspecified atom stereocenters. The Morgan fingerprint density at radius 2 is 2.00 bits per heavy atom. The van der Waals surface area contributed by atoms with Crippen LogP contribution < -0.4 is 4.74 Å². The van der Waals surface area contributed by atoms with E-state index < -0.39 is 0 Å². The summed E-state index contributed by atoms with van der Waals surface area (Å²) in [5.41, 5.74) is 1.66. The number of thioether (sulfide) groups is 1. The molecule has 0 spiro atoms. The first-order chi connectivity index (χ1) is 10.7. The van der Waals surface area contributed by atoms with E-state index in [4.69, 9.17) is 4.74 Å². The minimum Gasteiger partial charge on any atom is -0.487 e. The predicted molar refractivity (Wildman–Crippen MR) is 87.5 cm³/mol. The number of rotatable bonds is 4. The van der Waals surface area contributed by atoms with Crippen LogP contribution in [-0.2, 0) is 0 Å². The first kappa shape index (κ1) is 14.9. The molecule has 4 nitrogen and oxygen atoms in total. The molecule has 0 radical (unpaired) electrons. The van der Waals surface area contributed by atoms with Gasteiger partial charge in [0, 0.05) is 28.4 Å². The van der Waals surface area contributed by atoms with Crippen LogP contribution in [0.3, 0.4) is 0 Å². The van der Waals surface area contributed by atoms with Gasteiger partial charge in [0.05, 0.1) is 13.1 Å². The summed E-state index contributed by atoms with van der Waals surface area (Å²) in [6.07, 6.45) is 3.82. The van der Waals surface area contributed by atoms with Gasteiger partial charge in [0.15, 0.2) is 0 Å². The Balaban J connectivity index is 1.55. The van der Waals surface area contributed by atoms with Crippen molar-refractivity contribution in [2.75, 3.05) is 19.3 Å². The van der Waals surface area contributed by atoms with Crippen molar-refractivity contribution < 1.29 is 9.53 Å². The van der Waals surface area contributed by atoms with Crippen LogP contribution in [0.15, 0.2) is 47.5 Å². The molecule has 2 heterocycles. The Bertz CT molecular complexity index is 667. The lowest BCUT2D eigenvalue weighted by Crippen LogP contribution is -2.56. The smallest absolute Gasteiger partial charge is 0.254 e. The maximum absolute atomic E-state index is 12.3. The number of likely N-dealkylation sites (tertiary alicyclic amines) is 1. The first-order valence-corrected chi connectivity index (χ1v) is 8.41. The van der Waals surface area contributed by atoms with Crippen LogP contribution in [0, 0.1) is 6.92 Å². The van der Waals surface area contributed by atoms with Crippen molar-refractivity contribution >= 4 is 17.7 Å². The number of carbonyl (C=O) groups excluding carboxylic acids is 1. The average molecular weight is 314 g/mol. The van der Waals surface area contributed by atoms with Crippen LogP contribution in [-0.4, -0.2) is 41.2 Å². The largest absolute Gasteiger partial charge is 0.487 e. The van der Waals surface area contributed by atoms with Crippen molar-refractivity contribution in [1.29, 1.82) is 0 Å². The summed E-state index contributed by atoms with van der Waals surface area (Å²) in [6.45, 7) is 3.19. The Kier molecular flexibility index (Phi) is 4.34.